The molecule has 208 valence electrons. The minimum atomic E-state index is -0.551. The number of amides is 3. The van der Waals surface area contributed by atoms with Crippen LogP contribution in [-0.4, -0.2) is 83.2 Å². The van der Waals surface area contributed by atoms with E-state index >= 15 is 0 Å². The lowest BCUT2D eigenvalue weighted by molar-refractivity contribution is -0.00888. The van der Waals surface area contributed by atoms with Crippen LogP contribution >= 0.6 is 11.6 Å². The predicted molar refractivity (Wildman–Crippen MR) is 139 cm³/mol. The van der Waals surface area contributed by atoms with Crippen molar-refractivity contribution in [2.45, 2.75) is 44.2 Å². The number of ether oxygens (including phenoxy) is 3. The van der Waals surface area contributed by atoms with E-state index in [0.29, 0.717) is 31.1 Å². The third-order valence-electron chi connectivity index (χ3n) is 6.89. The molecule has 11 heteroatoms. The molecule has 3 amide bonds. The van der Waals surface area contributed by atoms with Gasteiger partial charge in [-0.05, 0) is 68.8 Å². The van der Waals surface area contributed by atoms with Crippen molar-refractivity contribution in [3.05, 3.63) is 34.6 Å². The topological polar surface area (TPSA) is 101 Å². The number of likely N-dealkylation sites (tertiary alicyclic amines) is 1. The summed E-state index contributed by atoms with van der Waals surface area (Å²) in [5, 5.41) is 9.26. The number of rotatable bonds is 11. The zero-order valence-electron chi connectivity index (χ0n) is 21.8. The van der Waals surface area contributed by atoms with Crippen molar-refractivity contribution in [2.24, 2.45) is 11.8 Å². The second-order valence-corrected chi connectivity index (χ2v) is 10.2. The fraction of sp³-hybridized carbons (Fsp3) is 0.692. The van der Waals surface area contributed by atoms with Gasteiger partial charge in [-0.25, -0.2) is 14.0 Å². The van der Waals surface area contributed by atoms with Crippen molar-refractivity contribution in [1.82, 2.24) is 20.9 Å². The Kier molecular flexibility index (Phi) is 12.2. The van der Waals surface area contributed by atoms with Gasteiger partial charge in [-0.15, -0.1) is 0 Å². The van der Waals surface area contributed by atoms with Crippen LogP contribution in [0.4, 0.5) is 14.0 Å². The van der Waals surface area contributed by atoms with E-state index in [9.17, 15) is 14.0 Å². The molecule has 2 heterocycles. The van der Waals surface area contributed by atoms with Gasteiger partial charge in [0, 0.05) is 56.4 Å². The molecule has 37 heavy (non-hydrogen) atoms. The Balaban J connectivity index is 1.65. The fourth-order valence-corrected chi connectivity index (χ4v) is 5.43. The lowest BCUT2D eigenvalue weighted by Gasteiger charge is -2.38. The Morgan fingerprint density at radius 1 is 1.27 bits per heavy atom. The van der Waals surface area contributed by atoms with Crippen molar-refractivity contribution in [1.29, 1.82) is 0 Å². The van der Waals surface area contributed by atoms with Gasteiger partial charge in [0.2, 0.25) is 0 Å². The Morgan fingerprint density at radius 3 is 2.81 bits per heavy atom. The molecular formula is C26H40ClFN4O5. The van der Waals surface area contributed by atoms with Gasteiger partial charge in [0.25, 0.3) is 0 Å². The summed E-state index contributed by atoms with van der Waals surface area (Å²) in [7, 11) is 3.17. The van der Waals surface area contributed by atoms with Crippen molar-refractivity contribution in [3.63, 3.8) is 0 Å². The number of nitrogens with zero attached hydrogens (tertiary/aromatic N) is 1. The smallest absolute Gasteiger partial charge is 0.406 e. The average Bonchev–Trinajstić information content (AvgIpc) is 2.88. The van der Waals surface area contributed by atoms with E-state index < -0.39 is 18.0 Å². The first-order valence-corrected chi connectivity index (χ1v) is 13.4. The van der Waals surface area contributed by atoms with Gasteiger partial charge in [-0.2, -0.15) is 0 Å². The van der Waals surface area contributed by atoms with Crippen LogP contribution in [0.3, 0.4) is 0 Å². The summed E-state index contributed by atoms with van der Waals surface area (Å²) >= 11 is 6.14. The molecule has 2 aliphatic heterocycles. The van der Waals surface area contributed by atoms with E-state index in [4.69, 9.17) is 21.1 Å². The predicted octanol–water partition coefficient (Wildman–Crippen LogP) is 3.72. The van der Waals surface area contributed by atoms with Crippen LogP contribution in [0.2, 0.25) is 5.02 Å². The van der Waals surface area contributed by atoms with E-state index in [1.54, 1.807) is 6.07 Å². The summed E-state index contributed by atoms with van der Waals surface area (Å²) in [5.74, 6) is -0.0728. The minimum Gasteiger partial charge on any atom is -0.453 e. The maximum Gasteiger partial charge on any atom is 0.406 e. The van der Waals surface area contributed by atoms with E-state index in [1.165, 1.54) is 19.2 Å². The molecule has 0 bridgehead atoms. The SMILES string of the molecule is CNC[C@@H](C[C@@H]1CCCOC1)NC(=O)N1CCCC([C@@H](OCCNC(=O)OC)c2cc(F)cc(Cl)c2)C1. The summed E-state index contributed by atoms with van der Waals surface area (Å²) < 4.78 is 30.6. The number of likely N-dealkylation sites (N-methyl/N-ethyl adjacent to an activating group) is 1. The average molecular weight is 543 g/mol. The third-order valence-corrected chi connectivity index (χ3v) is 7.11. The van der Waals surface area contributed by atoms with Crippen LogP contribution < -0.4 is 16.0 Å². The summed E-state index contributed by atoms with van der Waals surface area (Å²) in [6, 6.07) is 4.25. The molecule has 1 unspecified atom stereocenters. The number of alkyl carbamates (subject to hydrolysis) is 1. The number of piperidine rings is 1. The monoisotopic (exact) mass is 542 g/mol. The first-order chi connectivity index (χ1) is 17.9. The molecule has 2 saturated heterocycles. The van der Waals surface area contributed by atoms with Gasteiger partial charge in [0.15, 0.2) is 0 Å². The van der Waals surface area contributed by atoms with Gasteiger partial charge in [0.05, 0.1) is 19.8 Å². The molecule has 0 radical (unpaired) electrons. The summed E-state index contributed by atoms with van der Waals surface area (Å²) in [5.41, 5.74) is 0.612. The van der Waals surface area contributed by atoms with E-state index in [-0.39, 0.29) is 36.2 Å². The van der Waals surface area contributed by atoms with Crippen molar-refractivity contribution in [2.75, 3.05) is 60.2 Å². The number of urea groups is 1. The van der Waals surface area contributed by atoms with E-state index in [1.807, 2.05) is 11.9 Å². The lowest BCUT2D eigenvalue weighted by Crippen LogP contribution is -2.52. The second-order valence-electron chi connectivity index (χ2n) is 9.78. The van der Waals surface area contributed by atoms with Crippen molar-refractivity contribution in [3.8, 4) is 0 Å². The molecule has 0 saturated carbocycles. The molecule has 2 fully saturated rings. The Bertz CT molecular complexity index is 853. The highest BCUT2D eigenvalue weighted by Gasteiger charge is 2.32. The Labute approximate surface area is 223 Å². The Morgan fingerprint density at radius 2 is 2.11 bits per heavy atom. The lowest BCUT2D eigenvalue weighted by atomic mass is 9.88. The van der Waals surface area contributed by atoms with Crippen molar-refractivity contribution < 1.29 is 28.2 Å². The molecular weight excluding hydrogens is 503 g/mol. The maximum absolute atomic E-state index is 14.2. The summed E-state index contributed by atoms with van der Waals surface area (Å²) in [6.45, 7) is 3.77. The number of halogens is 2. The van der Waals surface area contributed by atoms with Crippen LogP contribution in [0.25, 0.3) is 0 Å². The first kappa shape index (κ1) is 29.4. The number of hydrogen-bond acceptors (Lipinski definition) is 6. The van der Waals surface area contributed by atoms with Gasteiger partial charge >= 0.3 is 12.1 Å². The Hall–Kier alpha value is -2.14. The molecule has 3 N–H and O–H groups in total. The zero-order chi connectivity index (χ0) is 26.6. The van der Waals surface area contributed by atoms with Crippen LogP contribution in [0.5, 0.6) is 0 Å². The zero-order valence-corrected chi connectivity index (χ0v) is 22.5. The van der Waals surface area contributed by atoms with Crippen LogP contribution in [-0.2, 0) is 14.2 Å². The summed E-state index contributed by atoms with van der Waals surface area (Å²) in [6.07, 6.45) is 3.60. The molecule has 9 nitrogen and oxygen atoms in total. The van der Waals surface area contributed by atoms with Crippen molar-refractivity contribution >= 4 is 23.7 Å². The largest absolute Gasteiger partial charge is 0.453 e. The van der Waals surface area contributed by atoms with Gasteiger partial charge < -0.3 is 35.1 Å². The molecule has 2 aliphatic rings. The number of carbonyl (C=O) groups is 2. The maximum atomic E-state index is 14.2. The highest BCUT2D eigenvalue weighted by Crippen LogP contribution is 2.34. The molecule has 4 atom stereocenters. The van der Waals surface area contributed by atoms with Crippen LogP contribution in [0.1, 0.15) is 43.8 Å². The highest BCUT2D eigenvalue weighted by atomic mass is 35.5. The number of nitrogens with one attached hydrogen (secondary N) is 3. The normalized spacial score (nSPS) is 21.7. The van der Waals surface area contributed by atoms with E-state index in [2.05, 4.69) is 20.7 Å². The van der Waals surface area contributed by atoms with Gasteiger partial charge in [-0.1, -0.05) is 11.6 Å². The second kappa shape index (κ2) is 15.3. The number of methoxy groups -OCH3 is 1. The summed E-state index contributed by atoms with van der Waals surface area (Å²) in [4.78, 5) is 26.5. The van der Waals surface area contributed by atoms with Gasteiger partial charge in [0.1, 0.15) is 5.82 Å². The molecule has 1 aromatic carbocycles. The third kappa shape index (κ3) is 9.59. The molecule has 1 aromatic rings. The standard InChI is InChI=1S/C26H40ClFN4O5/c1-29-15-23(11-18-5-4-9-36-17-18)31-25(33)32-8-3-6-19(16-32)24(37-10-7-30-26(34)35-2)20-12-21(27)14-22(28)13-20/h12-14,18-19,23-24,29H,3-11,15-17H2,1-2H3,(H,30,34)(H,31,33)/t18-,19?,23+,24+/m0/s1. The molecule has 0 aromatic heterocycles. The quantitative estimate of drug-likeness (QED) is 0.368. The van der Waals surface area contributed by atoms with E-state index in [0.717, 1.165) is 45.3 Å². The number of hydrogen-bond donors (Lipinski definition) is 3. The van der Waals surface area contributed by atoms with Crippen LogP contribution in [0, 0.1) is 17.7 Å². The minimum absolute atomic E-state index is 0.00282. The fourth-order valence-electron chi connectivity index (χ4n) is 5.20. The molecule has 0 aliphatic carbocycles. The first-order valence-electron chi connectivity index (χ1n) is 13.1. The molecule has 3 rings (SSSR count). The van der Waals surface area contributed by atoms with Crippen LogP contribution in [0.15, 0.2) is 18.2 Å². The van der Waals surface area contributed by atoms with Gasteiger partial charge in [-0.3, -0.25) is 0 Å². The number of benzene rings is 1. The number of carbonyl (C=O) groups excluding carboxylic acids is 2. The highest BCUT2D eigenvalue weighted by molar-refractivity contribution is 6.30. The molecule has 0 spiro atoms.